The minimum Gasteiger partial charge on any atom is -0.396 e. The van der Waals surface area contributed by atoms with Gasteiger partial charge in [0.25, 0.3) is 0 Å². The first kappa shape index (κ1) is 18.8. The van der Waals surface area contributed by atoms with E-state index in [-0.39, 0.29) is 25.3 Å². The highest BCUT2D eigenvalue weighted by Gasteiger charge is 2.04. The molecule has 0 saturated heterocycles. The minimum absolute atomic E-state index is 0.171. The number of hydrogen-bond acceptors (Lipinski definition) is 5. The Labute approximate surface area is 117 Å². The van der Waals surface area contributed by atoms with Crippen molar-refractivity contribution >= 4 is 0 Å². The SMILES string of the molecule is NC(CCCCO)CCOCCC(N)CCCCO. The maximum absolute atomic E-state index is 8.66. The van der Waals surface area contributed by atoms with Gasteiger partial charge in [-0.25, -0.2) is 0 Å². The average Bonchev–Trinajstić information content (AvgIpc) is 2.39. The van der Waals surface area contributed by atoms with Gasteiger partial charge in [-0.15, -0.1) is 0 Å². The molecule has 2 atom stereocenters. The Morgan fingerprint density at radius 2 is 1.11 bits per heavy atom. The molecular formula is C14H32N2O3. The molecule has 0 heterocycles. The molecule has 0 fully saturated rings. The molecule has 0 aliphatic rings. The molecule has 0 aliphatic heterocycles. The van der Waals surface area contributed by atoms with Gasteiger partial charge < -0.3 is 26.4 Å². The third-order valence-electron chi connectivity index (χ3n) is 3.23. The van der Waals surface area contributed by atoms with Crippen LogP contribution in [-0.2, 0) is 4.74 Å². The topological polar surface area (TPSA) is 102 Å². The molecule has 0 rings (SSSR count). The number of unbranched alkanes of at least 4 members (excludes halogenated alkanes) is 2. The van der Waals surface area contributed by atoms with Crippen LogP contribution in [0.25, 0.3) is 0 Å². The Morgan fingerprint density at radius 3 is 1.47 bits per heavy atom. The summed E-state index contributed by atoms with van der Waals surface area (Å²) in [6, 6.07) is 0.342. The third-order valence-corrected chi connectivity index (χ3v) is 3.23. The van der Waals surface area contributed by atoms with Gasteiger partial charge in [0.05, 0.1) is 0 Å². The van der Waals surface area contributed by atoms with Crippen LogP contribution in [0.1, 0.15) is 51.4 Å². The lowest BCUT2D eigenvalue weighted by Gasteiger charge is -2.13. The number of rotatable bonds is 14. The monoisotopic (exact) mass is 276 g/mol. The van der Waals surface area contributed by atoms with Crippen molar-refractivity contribution in [3.05, 3.63) is 0 Å². The maximum Gasteiger partial charge on any atom is 0.0480 e. The predicted molar refractivity (Wildman–Crippen MR) is 77.9 cm³/mol. The van der Waals surface area contributed by atoms with Crippen LogP contribution in [0.2, 0.25) is 0 Å². The molecule has 19 heavy (non-hydrogen) atoms. The van der Waals surface area contributed by atoms with Crippen molar-refractivity contribution in [2.45, 2.75) is 63.5 Å². The van der Waals surface area contributed by atoms with Crippen LogP contribution in [0.4, 0.5) is 0 Å². The van der Waals surface area contributed by atoms with Gasteiger partial charge in [-0.05, 0) is 51.4 Å². The van der Waals surface area contributed by atoms with E-state index in [0.717, 1.165) is 51.4 Å². The second-order valence-corrected chi connectivity index (χ2v) is 5.15. The number of hydrogen-bond donors (Lipinski definition) is 4. The molecule has 0 bridgehead atoms. The highest BCUT2D eigenvalue weighted by molar-refractivity contribution is 4.62. The predicted octanol–water partition coefficient (Wildman–Crippen LogP) is 0.763. The van der Waals surface area contributed by atoms with Gasteiger partial charge in [0, 0.05) is 38.5 Å². The van der Waals surface area contributed by atoms with Crippen molar-refractivity contribution in [2.24, 2.45) is 11.5 Å². The zero-order chi connectivity index (χ0) is 14.3. The molecule has 5 heteroatoms. The van der Waals surface area contributed by atoms with Crippen LogP contribution in [0.5, 0.6) is 0 Å². The first-order valence-electron chi connectivity index (χ1n) is 7.51. The number of aliphatic hydroxyl groups is 2. The molecule has 0 spiro atoms. The Balaban J connectivity index is 3.24. The van der Waals surface area contributed by atoms with E-state index in [1.54, 1.807) is 0 Å². The summed E-state index contributed by atoms with van der Waals surface area (Å²) < 4.78 is 5.53. The van der Waals surface area contributed by atoms with Crippen molar-refractivity contribution in [1.29, 1.82) is 0 Å². The number of ether oxygens (including phenoxy) is 1. The average molecular weight is 276 g/mol. The summed E-state index contributed by atoms with van der Waals surface area (Å²) in [5.74, 6) is 0. The fraction of sp³-hybridized carbons (Fsp3) is 1.00. The molecular weight excluding hydrogens is 244 g/mol. The zero-order valence-electron chi connectivity index (χ0n) is 12.1. The van der Waals surface area contributed by atoms with Crippen molar-refractivity contribution in [2.75, 3.05) is 26.4 Å². The molecule has 2 unspecified atom stereocenters. The third kappa shape index (κ3) is 14.0. The van der Waals surface area contributed by atoms with Crippen LogP contribution >= 0.6 is 0 Å². The van der Waals surface area contributed by atoms with Gasteiger partial charge in [-0.3, -0.25) is 0 Å². The fourth-order valence-electron chi connectivity index (χ4n) is 1.90. The number of nitrogens with two attached hydrogens (primary N) is 2. The molecule has 0 aromatic heterocycles. The summed E-state index contributed by atoms with van der Waals surface area (Å²) in [4.78, 5) is 0. The minimum atomic E-state index is 0.171. The highest BCUT2D eigenvalue weighted by Crippen LogP contribution is 2.04. The van der Waals surface area contributed by atoms with Crippen LogP contribution in [0.3, 0.4) is 0 Å². The largest absolute Gasteiger partial charge is 0.396 e. The standard InChI is InChI=1S/C14H32N2O3/c15-13(5-1-3-9-17)7-11-19-12-8-14(16)6-2-4-10-18/h13-14,17-18H,1-12,15-16H2. The first-order chi connectivity index (χ1) is 9.20. The summed E-state index contributed by atoms with van der Waals surface area (Å²) >= 11 is 0. The molecule has 0 saturated carbocycles. The summed E-state index contributed by atoms with van der Waals surface area (Å²) in [7, 11) is 0. The van der Waals surface area contributed by atoms with Crippen molar-refractivity contribution in [3.8, 4) is 0 Å². The molecule has 0 aromatic rings. The summed E-state index contributed by atoms with van der Waals surface area (Å²) in [5.41, 5.74) is 11.9. The number of aliphatic hydroxyl groups excluding tert-OH is 2. The molecule has 0 amide bonds. The van der Waals surface area contributed by atoms with Crippen LogP contribution in [0, 0.1) is 0 Å². The normalized spacial score (nSPS) is 14.5. The van der Waals surface area contributed by atoms with Gasteiger partial charge in [0.15, 0.2) is 0 Å². The Morgan fingerprint density at radius 1 is 0.684 bits per heavy atom. The smallest absolute Gasteiger partial charge is 0.0480 e. The van der Waals surface area contributed by atoms with Crippen molar-refractivity contribution in [3.63, 3.8) is 0 Å². The van der Waals surface area contributed by atoms with Crippen molar-refractivity contribution < 1.29 is 14.9 Å². The van der Waals surface area contributed by atoms with E-state index in [1.165, 1.54) is 0 Å². The maximum atomic E-state index is 8.66. The van der Waals surface area contributed by atoms with Gasteiger partial charge in [0.1, 0.15) is 0 Å². The van der Waals surface area contributed by atoms with Gasteiger partial charge >= 0.3 is 0 Å². The summed E-state index contributed by atoms with van der Waals surface area (Å²) in [6.07, 6.45) is 7.25. The molecule has 0 aliphatic carbocycles. The summed E-state index contributed by atoms with van der Waals surface area (Å²) in [5, 5.41) is 17.3. The summed E-state index contributed by atoms with van der Waals surface area (Å²) in [6.45, 7) is 1.86. The second kappa shape index (κ2) is 14.2. The van der Waals surface area contributed by atoms with Crippen molar-refractivity contribution in [1.82, 2.24) is 0 Å². The van der Waals surface area contributed by atoms with Gasteiger partial charge in [-0.1, -0.05) is 0 Å². The quantitative estimate of drug-likeness (QED) is 0.351. The zero-order valence-corrected chi connectivity index (χ0v) is 12.1. The van der Waals surface area contributed by atoms with E-state index in [1.807, 2.05) is 0 Å². The highest BCUT2D eigenvalue weighted by atomic mass is 16.5. The van der Waals surface area contributed by atoms with Crippen LogP contribution in [0.15, 0.2) is 0 Å². The van der Waals surface area contributed by atoms with E-state index in [4.69, 9.17) is 26.4 Å². The van der Waals surface area contributed by atoms with E-state index < -0.39 is 0 Å². The lowest BCUT2D eigenvalue weighted by Crippen LogP contribution is -2.24. The lowest BCUT2D eigenvalue weighted by atomic mass is 10.1. The molecule has 0 aromatic carbocycles. The molecule has 116 valence electrons. The van der Waals surface area contributed by atoms with E-state index in [2.05, 4.69) is 0 Å². The van der Waals surface area contributed by atoms with E-state index >= 15 is 0 Å². The first-order valence-corrected chi connectivity index (χ1v) is 7.51. The van der Waals surface area contributed by atoms with Gasteiger partial charge in [-0.2, -0.15) is 0 Å². The molecule has 5 nitrogen and oxygen atoms in total. The lowest BCUT2D eigenvalue weighted by molar-refractivity contribution is 0.118. The molecule has 0 radical (unpaired) electrons. The Hall–Kier alpha value is -0.200. The van der Waals surface area contributed by atoms with E-state index in [0.29, 0.717) is 13.2 Å². The Bertz CT molecular complexity index is 164. The Kier molecular flexibility index (Phi) is 14.1. The van der Waals surface area contributed by atoms with Crippen LogP contribution in [-0.4, -0.2) is 48.7 Å². The molecule has 6 N–H and O–H groups in total. The van der Waals surface area contributed by atoms with Gasteiger partial charge in [0.2, 0.25) is 0 Å². The van der Waals surface area contributed by atoms with E-state index in [9.17, 15) is 0 Å². The fourth-order valence-corrected chi connectivity index (χ4v) is 1.90. The van der Waals surface area contributed by atoms with Crippen LogP contribution < -0.4 is 11.5 Å². The second-order valence-electron chi connectivity index (χ2n) is 5.15.